The molecule has 0 radical (unpaired) electrons. The summed E-state index contributed by atoms with van der Waals surface area (Å²) in [4.78, 5) is 31.9. The van der Waals surface area contributed by atoms with Crippen LogP contribution in [0, 0.1) is 0 Å². The van der Waals surface area contributed by atoms with E-state index in [-0.39, 0.29) is 31.1 Å². The van der Waals surface area contributed by atoms with Crippen LogP contribution in [0.15, 0.2) is 42.6 Å². The third kappa shape index (κ3) is 4.21. The number of piperazine rings is 1. The first-order valence-corrected chi connectivity index (χ1v) is 8.48. The number of alkyl halides is 3. The second-order valence-corrected chi connectivity index (χ2v) is 6.41. The molecule has 1 aromatic heterocycles. The number of aromatic nitrogens is 1. The minimum atomic E-state index is -4.66. The van der Waals surface area contributed by atoms with Crippen LogP contribution in [0.3, 0.4) is 0 Å². The Morgan fingerprint density at radius 1 is 1.15 bits per heavy atom. The van der Waals surface area contributed by atoms with E-state index in [0.717, 1.165) is 12.1 Å². The zero-order valence-corrected chi connectivity index (χ0v) is 14.8. The average Bonchev–Trinajstić information content (AvgIpc) is 2.63. The predicted octanol–water partition coefficient (Wildman–Crippen LogP) is 3.24. The van der Waals surface area contributed by atoms with Crippen molar-refractivity contribution in [1.29, 1.82) is 0 Å². The number of rotatable bonds is 3. The number of carbonyl (C=O) groups is 2. The van der Waals surface area contributed by atoms with Gasteiger partial charge in [0.05, 0.1) is 28.4 Å². The van der Waals surface area contributed by atoms with Crippen LogP contribution < -0.4 is 0 Å². The highest BCUT2D eigenvalue weighted by molar-refractivity contribution is 6.34. The Kier molecular flexibility index (Phi) is 5.36. The first-order chi connectivity index (χ1) is 12.8. The van der Waals surface area contributed by atoms with Gasteiger partial charge in [-0.05, 0) is 24.3 Å². The van der Waals surface area contributed by atoms with Crippen molar-refractivity contribution in [2.24, 2.45) is 0 Å². The van der Waals surface area contributed by atoms with E-state index in [1.165, 1.54) is 11.0 Å². The van der Waals surface area contributed by atoms with Gasteiger partial charge in [0, 0.05) is 19.3 Å². The summed E-state index contributed by atoms with van der Waals surface area (Å²) >= 11 is 5.81. The Bertz CT molecular complexity index is 859. The third-order valence-corrected chi connectivity index (χ3v) is 4.63. The molecule has 27 heavy (non-hydrogen) atoms. The highest BCUT2D eigenvalue weighted by Gasteiger charge is 2.36. The number of amides is 2. The van der Waals surface area contributed by atoms with Gasteiger partial charge in [-0.1, -0.05) is 23.7 Å². The van der Waals surface area contributed by atoms with Gasteiger partial charge in [-0.15, -0.1) is 0 Å². The maximum Gasteiger partial charge on any atom is 0.417 e. The first-order valence-electron chi connectivity index (χ1n) is 8.10. The lowest BCUT2D eigenvalue weighted by Crippen LogP contribution is -2.51. The molecule has 0 N–H and O–H groups in total. The number of carbonyl (C=O) groups excluding carboxylic acids is 2. The SMILES string of the molecule is O=C1CN(C(=O)c2cccc(C(F)(F)F)c2Cl)CCN1Cc1ccccn1. The highest BCUT2D eigenvalue weighted by atomic mass is 35.5. The maximum atomic E-state index is 13.0. The molecule has 1 aliphatic rings. The standard InChI is InChI=1S/C18H15ClF3N3O2/c19-16-13(5-3-6-14(16)18(20,21)22)17(27)25-9-8-24(15(26)11-25)10-12-4-1-2-7-23-12/h1-7H,8-11H2. The summed E-state index contributed by atoms with van der Waals surface area (Å²) in [5, 5.41) is -0.654. The van der Waals surface area contributed by atoms with E-state index in [0.29, 0.717) is 12.2 Å². The lowest BCUT2D eigenvalue weighted by atomic mass is 10.1. The molecule has 1 aromatic carbocycles. The minimum absolute atomic E-state index is 0.198. The smallest absolute Gasteiger partial charge is 0.333 e. The largest absolute Gasteiger partial charge is 0.417 e. The molecule has 2 amide bonds. The fourth-order valence-electron chi connectivity index (χ4n) is 2.82. The molecule has 0 saturated carbocycles. The van der Waals surface area contributed by atoms with Gasteiger partial charge in [-0.2, -0.15) is 13.2 Å². The maximum absolute atomic E-state index is 13.0. The monoisotopic (exact) mass is 397 g/mol. The van der Waals surface area contributed by atoms with Crippen LogP contribution in [0.1, 0.15) is 21.6 Å². The number of hydrogen-bond donors (Lipinski definition) is 0. The summed E-state index contributed by atoms with van der Waals surface area (Å²) in [6.45, 7) is 0.548. The van der Waals surface area contributed by atoms with Gasteiger partial charge in [-0.3, -0.25) is 14.6 Å². The molecule has 2 heterocycles. The van der Waals surface area contributed by atoms with Gasteiger partial charge >= 0.3 is 6.18 Å². The summed E-state index contributed by atoms with van der Waals surface area (Å²) in [7, 11) is 0. The number of pyridine rings is 1. The quantitative estimate of drug-likeness (QED) is 0.799. The van der Waals surface area contributed by atoms with Crippen LogP contribution in [0.2, 0.25) is 5.02 Å². The van der Waals surface area contributed by atoms with Gasteiger partial charge in [0.2, 0.25) is 5.91 Å². The molecule has 1 saturated heterocycles. The van der Waals surface area contributed by atoms with E-state index in [4.69, 9.17) is 11.6 Å². The number of halogens is 4. The van der Waals surface area contributed by atoms with E-state index < -0.39 is 22.7 Å². The Balaban J connectivity index is 1.72. The highest BCUT2D eigenvalue weighted by Crippen LogP contribution is 2.36. The van der Waals surface area contributed by atoms with Crippen LogP contribution >= 0.6 is 11.6 Å². The summed E-state index contributed by atoms with van der Waals surface area (Å²) in [6, 6.07) is 8.52. The Morgan fingerprint density at radius 3 is 2.56 bits per heavy atom. The van der Waals surface area contributed by atoms with Crippen LogP contribution in [0.5, 0.6) is 0 Å². The minimum Gasteiger partial charge on any atom is -0.333 e. The molecular weight excluding hydrogens is 383 g/mol. The van der Waals surface area contributed by atoms with E-state index in [1.807, 2.05) is 6.07 Å². The van der Waals surface area contributed by atoms with Crippen molar-refractivity contribution in [2.75, 3.05) is 19.6 Å². The van der Waals surface area contributed by atoms with Gasteiger partial charge in [0.1, 0.15) is 6.54 Å². The molecule has 1 fully saturated rings. The number of benzene rings is 1. The lowest BCUT2D eigenvalue weighted by molar-refractivity contribution is -0.138. The van der Waals surface area contributed by atoms with Crippen molar-refractivity contribution in [3.05, 3.63) is 64.4 Å². The molecule has 0 spiro atoms. The van der Waals surface area contributed by atoms with Crippen molar-refractivity contribution in [3.8, 4) is 0 Å². The second kappa shape index (κ2) is 7.56. The van der Waals surface area contributed by atoms with Crippen molar-refractivity contribution in [1.82, 2.24) is 14.8 Å². The molecule has 0 bridgehead atoms. The molecule has 0 aliphatic carbocycles. The van der Waals surface area contributed by atoms with E-state index in [2.05, 4.69) is 4.98 Å². The van der Waals surface area contributed by atoms with Crippen molar-refractivity contribution in [2.45, 2.75) is 12.7 Å². The molecule has 9 heteroatoms. The van der Waals surface area contributed by atoms with Crippen molar-refractivity contribution >= 4 is 23.4 Å². The molecular formula is C18H15ClF3N3O2. The summed E-state index contributed by atoms with van der Waals surface area (Å²) in [5.41, 5.74) is -0.626. The Morgan fingerprint density at radius 2 is 1.93 bits per heavy atom. The second-order valence-electron chi connectivity index (χ2n) is 6.03. The zero-order chi connectivity index (χ0) is 19.6. The van der Waals surface area contributed by atoms with Crippen LogP contribution in [-0.2, 0) is 17.5 Å². The molecule has 0 atom stereocenters. The normalized spacial score (nSPS) is 15.2. The summed E-state index contributed by atoms with van der Waals surface area (Å²) in [5.74, 6) is -1.000. The summed E-state index contributed by atoms with van der Waals surface area (Å²) < 4.78 is 38.9. The fraction of sp³-hybridized carbons (Fsp3) is 0.278. The van der Waals surface area contributed by atoms with Gasteiger partial charge in [-0.25, -0.2) is 0 Å². The molecule has 142 valence electrons. The van der Waals surface area contributed by atoms with Crippen LogP contribution in [-0.4, -0.2) is 46.2 Å². The average molecular weight is 398 g/mol. The first kappa shape index (κ1) is 19.2. The Labute approximate surface area is 158 Å². The summed E-state index contributed by atoms with van der Waals surface area (Å²) in [6.07, 6.45) is -3.04. The third-order valence-electron chi connectivity index (χ3n) is 4.22. The number of hydrogen-bond acceptors (Lipinski definition) is 3. The van der Waals surface area contributed by atoms with Crippen molar-refractivity contribution < 1.29 is 22.8 Å². The topological polar surface area (TPSA) is 53.5 Å². The van der Waals surface area contributed by atoms with E-state index in [1.54, 1.807) is 23.2 Å². The fourth-order valence-corrected chi connectivity index (χ4v) is 3.14. The van der Waals surface area contributed by atoms with Gasteiger partial charge in [0.15, 0.2) is 0 Å². The van der Waals surface area contributed by atoms with Gasteiger partial charge < -0.3 is 9.80 Å². The molecule has 2 aromatic rings. The molecule has 3 rings (SSSR count). The van der Waals surface area contributed by atoms with Crippen LogP contribution in [0.25, 0.3) is 0 Å². The Hall–Kier alpha value is -2.61. The van der Waals surface area contributed by atoms with E-state index in [9.17, 15) is 22.8 Å². The van der Waals surface area contributed by atoms with Crippen LogP contribution in [0.4, 0.5) is 13.2 Å². The van der Waals surface area contributed by atoms with Gasteiger partial charge in [0.25, 0.3) is 5.91 Å². The molecule has 5 nitrogen and oxygen atoms in total. The zero-order valence-electron chi connectivity index (χ0n) is 14.0. The lowest BCUT2D eigenvalue weighted by Gasteiger charge is -2.34. The van der Waals surface area contributed by atoms with E-state index >= 15 is 0 Å². The molecule has 0 unspecified atom stereocenters. The predicted molar refractivity (Wildman–Crippen MR) is 92.0 cm³/mol. The van der Waals surface area contributed by atoms with Crippen molar-refractivity contribution in [3.63, 3.8) is 0 Å². The molecule has 1 aliphatic heterocycles. The number of nitrogens with zero attached hydrogens (tertiary/aromatic N) is 3.